The highest BCUT2D eigenvalue weighted by atomic mass is 16.5. The lowest BCUT2D eigenvalue weighted by Crippen LogP contribution is -2.57. The molecular formula is C30H34O3. The van der Waals surface area contributed by atoms with Crippen molar-refractivity contribution in [3.63, 3.8) is 0 Å². The minimum absolute atomic E-state index is 0.0433. The summed E-state index contributed by atoms with van der Waals surface area (Å²) in [5, 5.41) is 24.1. The van der Waals surface area contributed by atoms with Gasteiger partial charge in [0.05, 0.1) is 17.3 Å². The normalized spacial score (nSPS) is 45.8. The zero-order valence-electron chi connectivity index (χ0n) is 19.6. The molecule has 0 unspecified atom stereocenters. The van der Waals surface area contributed by atoms with Gasteiger partial charge >= 0.3 is 0 Å². The molecule has 0 amide bonds. The SMILES string of the molecule is C[C@H]1C[C@@]23CC[C@@]4(O2)C(=CC[C@]2(C)[C@@H](c5ccc6ccccc6c5)CC[C@H]24)C=C3[C@@H](O)[C@@H]1O. The van der Waals surface area contributed by atoms with E-state index in [4.69, 9.17) is 4.74 Å². The van der Waals surface area contributed by atoms with Gasteiger partial charge in [-0.1, -0.05) is 68.5 Å². The molecule has 2 N–H and O–H groups in total. The topological polar surface area (TPSA) is 49.7 Å². The second kappa shape index (κ2) is 6.59. The average Bonchev–Trinajstić information content (AvgIpc) is 3.33. The minimum Gasteiger partial charge on any atom is -0.390 e. The number of hydrogen-bond acceptors (Lipinski definition) is 3. The molecule has 3 nitrogen and oxygen atoms in total. The standard InChI is InChI=1S/C30H34O3/c1-18-17-29-13-14-30(33-29)22(16-24(29)27(32)26(18)31)11-12-28(2)23(9-10-25(28)30)21-8-7-19-5-3-4-6-20(19)15-21/h3-8,11,15-16,18,23,25-27,31-32H,9-10,12-14,17H2,1-2H3/t18-,23+,25+,26+,27+,28+,29+,30+/m0/s1. The van der Waals surface area contributed by atoms with E-state index in [-0.39, 0.29) is 16.9 Å². The molecule has 2 spiro atoms. The number of hydrogen-bond donors (Lipinski definition) is 2. The summed E-state index contributed by atoms with van der Waals surface area (Å²) in [4.78, 5) is 0. The second-order valence-corrected chi connectivity index (χ2v) is 11.9. The summed E-state index contributed by atoms with van der Waals surface area (Å²) in [7, 11) is 0. The van der Waals surface area contributed by atoms with Crippen molar-refractivity contribution in [2.45, 2.75) is 81.7 Å². The van der Waals surface area contributed by atoms with Crippen molar-refractivity contribution in [2.75, 3.05) is 0 Å². The van der Waals surface area contributed by atoms with Crippen molar-refractivity contribution < 1.29 is 14.9 Å². The van der Waals surface area contributed by atoms with Crippen LogP contribution in [0.5, 0.6) is 0 Å². The summed E-state index contributed by atoms with van der Waals surface area (Å²) in [5.41, 5.74) is 3.21. The van der Waals surface area contributed by atoms with Gasteiger partial charge in [-0.25, -0.2) is 0 Å². The Labute approximate surface area is 196 Å². The van der Waals surface area contributed by atoms with Crippen LogP contribution in [-0.4, -0.2) is 33.6 Å². The molecule has 3 fully saturated rings. The summed E-state index contributed by atoms with van der Waals surface area (Å²) in [6.07, 6.45) is 9.36. The fourth-order valence-electron chi connectivity index (χ4n) is 8.68. The maximum absolute atomic E-state index is 10.9. The van der Waals surface area contributed by atoms with E-state index in [1.807, 2.05) is 0 Å². The van der Waals surface area contributed by atoms with E-state index in [0.717, 1.165) is 31.3 Å². The van der Waals surface area contributed by atoms with E-state index in [0.29, 0.717) is 11.8 Å². The molecule has 8 atom stereocenters. The van der Waals surface area contributed by atoms with Crippen LogP contribution in [0.3, 0.4) is 0 Å². The van der Waals surface area contributed by atoms with Gasteiger partial charge in [0.15, 0.2) is 0 Å². The molecule has 0 aromatic heterocycles. The van der Waals surface area contributed by atoms with Gasteiger partial charge in [0.25, 0.3) is 0 Å². The van der Waals surface area contributed by atoms with Gasteiger partial charge in [0, 0.05) is 0 Å². The van der Waals surface area contributed by atoms with Crippen LogP contribution in [-0.2, 0) is 4.74 Å². The van der Waals surface area contributed by atoms with Crippen LogP contribution in [0.2, 0.25) is 0 Å². The van der Waals surface area contributed by atoms with E-state index in [1.54, 1.807) is 0 Å². The van der Waals surface area contributed by atoms with Crippen molar-refractivity contribution in [3.05, 3.63) is 71.3 Å². The van der Waals surface area contributed by atoms with Crippen molar-refractivity contribution >= 4 is 10.8 Å². The van der Waals surface area contributed by atoms with Gasteiger partial charge in [0.1, 0.15) is 6.10 Å². The molecule has 172 valence electrons. The third-order valence-corrected chi connectivity index (χ3v) is 10.3. The zero-order chi connectivity index (χ0) is 22.6. The van der Waals surface area contributed by atoms with E-state index in [2.05, 4.69) is 68.5 Å². The van der Waals surface area contributed by atoms with Gasteiger partial charge in [-0.3, -0.25) is 0 Å². The molecule has 2 aromatic carbocycles. The molecule has 3 heteroatoms. The minimum atomic E-state index is -0.812. The first-order valence-electron chi connectivity index (χ1n) is 12.8. The monoisotopic (exact) mass is 442 g/mol. The summed E-state index contributed by atoms with van der Waals surface area (Å²) < 4.78 is 7.20. The number of allylic oxidation sites excluding steroid dienone is 1. The summed E-state index contributed by atoms with van der Waals surface area (Å²) >= 11 is 0. The molecule has 2 aliphatic heterocycles. The molecule has 2 bridgehead atoms. The van der Waals surface area contributed by atoms with Gasteiger partial charge < -0.3 is 14.9 Å². The molecular weight excluding hydrogens is 408 g/mol. The second-order valence-electron chi connectivity index (χ2n) is 11.9. The Hall–Kier alpha value is -1.94. The van der Waals surface area contributed by atoms with E-state index >= 15 is 0 Å². The average molecular weight is 443 g/mol. The van der Waals surface area contributed by atoms with Crippen LogP contribution in [0.4, 0.5) is 0 Å². The van der Waals surface area contributed by atoms with E-state index in [1.165, 1.54) is 34.8 Å². The molecule has 0 radical (unpaired) electrons. The summed E-state index contributed by atoms with van der Waals surface area (Å²) in [6.45, 7) is 4.55. The Morgan fingerprint density at radius 2 is 1.82 bits per heavy atom. The van der Waals surface area contributed by atoms with Gasteiger partial charge in [0.2, 0.25) is 0 Å². The highest BCUT2D eigenvalue weighted by Gasteiger charge is 2.67. The molecule has 1 saturated heterocycles. The first-order valence-corrected chi connectivity index (χ1v) is 12.8. The van der Waals surface area contributed by atoms with E-state index < -0.39 is 17.8 Å². The molecule has 2 heterocycles. The maximum atomic E-state index is 10.9. The molecule has 7 rings (SSSR count). The number of aliphatic hydroxyl groups excluding tert-OH is 2. The number of ether oxygens (including phenoxy) is 1. The van der Waals surface area contributed by atoms with E-state index in [9.17, 15) is 10.2 Å². The first kappa shape index (κ1) is 20.4. The number of benzene rings is 2. The number of rotatable bonds is 1. The first-order chi connectivity index (χ1) is 15.9. The number of aliphatic hydroxyl groups is 2. The zero-order valence-corrected chi connectivity index (χ0v) is 19.6. The van der Waals surface area contributed by atoms with Crippen LogP contribution >= 0.6 is 0 Å². The quantitative estimate of drug-likeness (QED) is 0.599. The Bertz CT molecular complexity index is 1210. The van der Waals surface area contributed by atoms with Crippen LogP contribution in [0.1, 0.15) is 63.9 Å². The predicted octanol–water partition coefficient (Wildman–Crippen LogP) is 5.66. The Morgan fingerprint density at radius 3 is 2.67 bits per heavy atom. The predicted molar refractivity (Wildman–Crippen MR) is 130 cm³/mol. The molecule has 5 aliphatic rings. The van der Waals surface area contributed by atoms with Gasteiger partial charge in [-0.15, -0.1) is 0 Å². The maximum Gasteiger partial charge on any atom is 0.104 e. The number of fused-ring (bicyclic) bond motifs is 2. The highest BCUT2D eigenvalue weighted by Crippen LogP contribution is 2.69. The smallest absolute Gasteiger partial charge is 0.104 e. The van der Waals surface area contributed by atoms with Crippen LogP contribution in [0.15, 0.2) is 65.8 Å². The Balaban J connectivity index is 1.31. The molecule has 2 aromatic rings. The highest BCUT2D eigenvalue weighted by molar-refractivity contribution is 5.83. The fourth-order valence-corrected chi connectivity index (χ4v) is 8.68. The molecule has 3 aliphatic carbocycles. The fraction of sp³-hybridized carbons (Fsp3) is 0.533. The Morgan fingerprint density at radius 1 is 1.00 bits per heavy atom. The van der Waals surface area contributed by atoms with Crippen molar-refractivity contribution in [1.82, 2.24) is 0 Å². The lowest BCUT2D eigenvalue weighted by Gasteiger charge is -2.55. The summed E-state index contributed by atoms with van der Waals surface area (Å²) in [5.74, 6) is 1.06. The lowest BCUT2D eigenvalue weighted by atomic mass is 9.58. The third kappa shape index (κ3) is 2.51. The molecule has 33 heavy (non-hydrogen) atoms. The van der Waals surface area contributed by atoms with Crippen molar-refractivity contribution in [2.24, 2.45) is 17.3 Å². The van der Waals surface area contributed by atoms with Crippen LogP contribution < -0.4 is 0 Å². The summed E-state index contributed by atoms with van der Waals surface area (Å²) in [6, 6.07) is 15.7. The van der Waals surface area contributed by atoms with Crippen LogP contribution in [0, 0.1) is 17.3 Å². The van der Waals surface area contributed by atoms with Gasteiger partial charge in [-0.05, 0) is 89.2 Å². The largest absolute Gasteiger partial charge is 0.390 e. The van der Waals surface area contributed by atoms with Gasteiger partial charge in [-0.2, -0.15) is 0 Å². The third-order valence-electron chi connectivity index (χ3n) is 10.3. The van der Waals surface area contributed by atoms with Crippen molar-refractivity contribution in [3.8, 4) is 0 Å². The van der Waals surface area contributed by atoms with Crippen LogP contribution in [0.25, 0.3) is 10.8 Å². The lowest BCUT2D eigenvalue weighted by molar-refractivity contribution is -0.162. The Kier molecular flexibility index (Phi) is 4.08. The van der Waals surface area contributed by atoms with Crippen molar-refractivity contribution in [1.29, 1.82) is 0 Å². The molecule has 2 saturated carbocycles.